The lowest BCUT2D eigenvalue weighted by Gasteiger charge is -2.10. The normalized spacial score (nSPS) is 19.6. The lowest BCUT2D eigenvalue weighted by Crippen LogP contribution is -2.33. The molecule has 2 N–H and O–H groups in total. The maximum Gasteiger partial charge on any atom is 0.228 e. The van der Waals surface area contributed by atoms with Gasteiger partial charge in [0.15, 0.2) is 0 Å². The van der Waals surface area contributed by atoms with Crippen LogP contribution in [0.1, 0.15) is 6.42 Å². The van der Waals surface area contributed by atoms with E-state index in [9.17, 15) is 9.59 Å². The topological polar surface area (TPSA) is 70.7 Å². The lowest BCUT2D eigenvalue weighted by atomic mass is 10.2. The van der Waals surface area contributed by atoms with Crippen LogP contribution in [0.4, 0.5) is 5.69 Å². The third-order valence-corrected chi connectivity index (χ3v) is 3.66. The van der Waals surface area contributed by atoms with E-state index in [2.05, 4.69) is 10.6 Å². The Hall–Kier alpha value is -2.08. The molecule has 1 fully saturated rings. The van der Waals surface area contributed by atoms with Crippen LogP contribution in [-0.2, 0) is 9.59 Å². The highest BCUT2D eigenvalue weighted by molar-refractivity contribution is 5.99. The maximum atomic E-state index is 12.1. The van der Waals surface area contributed by atoms with Gasteiger partial charge in [-0.1, -0.05) is 6.07 Å². The van der Waals surface area contributed by atoms with Crippen molar-refractivity contribution < 1.29 is 14.3 Å². The van der Waals surface area contributed by atoms with E-state index in [0.717, 1.165) is 6.54 Å². The molecule has 22 heavy (non-hydrogen) atoms. The molecule has 0 aliphatic heterocycles. The zero-order valence-electron chi connectivity index (χ0n) is 13.3. The Balaban J connectivity index is 1.79. The molecule has 1 aromatic carbocycles. The molecule has 2 amide bonds. The summed E-state index contributed by atoms with van der Waals surface area (Å²) in [6.07, 6.45) is 0.615. The first-order valence-electron chi connectivity index (χ1n) is 7.38. The molecular formula is C16H23N3O3. The van der Waals surface area contributed by atoms with Crippen molar-refractivity contribution in [3.63, 3.8) is 0 Å². The summed E-state index contributed by atoms with van der Waals surface area (Å²) in [5, 5.41) is 5.69. The molecule has 1 aliphatic rings. The van der Waals surface area contributed by atoms with Crippen molar-refractivity contribution in [1.82, 2.24) is 10.2 Å². The number of nitrogens with one attached hydrogen (secondary N) is 2. The summed E-state index contributed by atoms with van der Waals surface area (Å²) in [5.41, 5.74) is 0.683. The van der Waals surface area contributed by atoms with Crippen LogP contribution in [-0.4, -0.2) is 51.0 Å². The molecule has 1 aromatic rings. The number of ether oxygens (including phenoxy) is 1. The number of hydrogen-bond donors (Lipinski definition) is 2. The second-order valence-corrected chi connectivity index (χ2v) is 5.76. The molecule has 6 heteroatoms. The molecule has 2 unspecified atom stereocenters. The van der Waals surface area contributed by atoms with Gasteiger partial charge in [-0.2, -0.15) is 0 Å². The van der Waals surface area contributed by atoms with Gasteiger partial charge in [0.1, 0.15) is 5.75 Å². The van der Waals surface area contributed by atoms with Gasteiger partial charge in [0.2, 0.25) is 11.8 Å². The molecule has 0 aromatic heterocycles. The van der Waals surface area contributed by atoms with Gasteiger partial charge in [0, 0.05) is 24.8 Å². The zero-order chi connectivity index (χ0) is 16.1. The van der Waals surface area contributed by atoms with Crippen molar-refractivity contribution in [2.45, 2.75) is 6.42 Å². The van der Waals surface area contributed by atoms with E-state index in [1.54, 1.807) is 19.2 Å². The van der Waals surface area contributed by atoms with Gasteiger partial charge >= 0.3 is 0 Å². The average molecular weight is 305 g/mol. The van der Waals surface area contributed by atoms with Crippen molar-refractivity contribution in [3.05, 3.63) is 24.3 Å². The minimum Gasteiger partial charge on any atom is -0.497 e. The number of benzene rings is 1. The van der Waals surface area contributed by atoms with E-state index >= 15 is 0 Å². The fraction of sp³-hybridized carbons (Fsp3) is 0.500. The molecule has 0 spiro atoms. The van der Waals surface area contributed by atoms with Gasteiger partial charge in [-0.15, -0.1) is 0 Å². The van der Waals surface area contributed by atoms with Crippen molar-refractivity contribution in [1.29, 1.82) is 0 Å². The van der Waals surface area contributed by atoms with Crippen LogP contribution in [0.25, 0.3) is 0 Å². The van der Waals surface area contributed by atoms with Crippen LogP contribution in [0.3, 0.4) is 0 Å². The van der Waals surface area contributed by atoms with Gasteiger partial charge in [0.25, 0.3) is 0 Å². The van der Waals surface area contributed by atoms with E-state index in [0.29, 0.717) is 24.4 Å². The second-order valence-electron chi connectivity index (χ2n) is 5.76. The van der Waals surface area contributed by atoms with Crippen LogP contribution < -0.4 is 15.4 Å². The number of nitrogens with zero attached hydrogens (tertiary/aromatic N) is 1. The molecule has 0 bridgehead atoms. The first-order chi connectivity index (χ1) is 10.5. The Morgan fingerprint density at radius 3 is 2.68 bits per heavy atom. The van der Waals surface area contributed by atoms with Crippen LogP contribution in [0.5, 0.6) is 5.75 Å². The average Bonchev–Trinajstić information content (AvgIpc) is 3.27. The summed E-state index contributed by atoms with van der Waals surface area (Å²) in [6.45, 7) is 1.39. The van der Waals surface area contributed by atoms with Crippen molar-refractivity contribution in [3.8, 4) is 5.75 Å². The van der Waals surface area contributed by atoms with Gasteiger partial charge in [-0.25, -0.2) is 0 Å². The van der Waals surface area contributed by atoms with Crippen molar-refractivity contribution >= 4 is 17.5 Å². The number of amides is 2. The number of carbonyl (C=O) groups is 2. The molecule has 2 atom stereocenters. The summed E-state index contributed by atoms with van der Waals surface area (Å²) in [7, 11) is 5.48. The lowest BCUT2D eigenvalue weighted by molar-refractivity contribution is -0.125. The summed E-state index contributed by atoms with van der Waals surface area (Å²) in [4.78, 5) is 26.1. The molecule has 0 heterocycles. The second kappa shape index (κ2) is 7.26. The fourth-order valence-electron chi connectivity index (χ4n) is 2.24. The highest BCUT2D eigenvalue weighted by atomic mass is 16.5. The first-order valence-corrected chi connectivity index (χ1v) is 7.38. The van der Waals surface area contributed by atoms with E-state index in [-0.39, 0.29) is 23.7 Å². The van der Waals surface area contributed by atoms with E-state index < -0.39 is 0 Å². The number of anilines is 1. The molecule has 1 saturated carbocycles. The van der Waals surface area contributed by atoms with Crippen LogP contribution in [0, 0.1) is 11.8 Å². The van der Waals surface area contributed by atoms with Crippen LogP contribution in [0.15, 0.2) is 24.3 Å². The maximum absolute atomic E-state index is 12.1. The van der Waals surface area contributed by atoms with Crippen molar-refractivity contribution in [2.24, 2.45) is 11.8 Å². The fourth-order valence-corrected chi connectivity index (χ4v) is 2.24. The Morgan fingerprint density at radius 2 is 2.00 bits per heavy atom. The SMILES string of the molecule is COc1cccc(NC(=O)C2CC2C(=O)NCCN(C)C)c1. The number of hydrogen-bond acceptors (Lipinski definition) is 4. The molecule has 120 valence electrons. The predicted octanol–water partition coefficient (Wildman–Crippen LogP) is 0.948. The Kier molecular flexibility index (Phi) is 5.38. The molecule has 6 nitrogen and oxygen atoms in total. The number of methoxy groups -OCH3 is 1. The van der Waals surface area contributed by atoms with Gasteiger partial charge in [-0.3, -0.25) is 9.59 Å². The minimum absolute atomic E-state index is 0.0346. The molecule has 0 saturated heterocycles. The van der Waals surface area contributed by atoms with Gasteiger partial charge in [0.05, 0.1) is 18.9 Å². The van der Waals surface area contributed by atoms with Crippen LogP contribution in [0.2, 0.25) is 0 Å². The Bertz CT molecular complexity index is 545. The summed E-state index contributed by atoms with van der Waals surface area (Å²) >= 11 is 0. The number of rotatable bonds is 7. The third kappa shape index (κ3) is 4.46. The Morgan fingerprint density at radius 1 is 1.27 bits per heavy atom. The van der Waals surface area contributed by atoms with Gasteiger partial charge < -0.3 is 20.3 Å². The smallest absolute Gasteiger partial charge is 0.228 e. The molecule has 2 rings (SSSR count). The molecular weight excluding hydrogens is 282 g/mol. The van der Waals surface area contributed by atoms with E-state index in [1.165, 1.54) is 0 Å². The van der Waals surface area contributed by atoms with Crippen molar-refractivity contribution in [2.75, 3.05) is 39.6 Å². The van der Waals surface area contributed by atoms with E-state index in [1.807, 2.05) is 31.1 Å². The molecule has 0 radical (unpaired) electrons. The quantitative estimate of drug-likeness (QED) is 0.787. The monoisotopic (exact) mass is 305 g/mol. The molecule has 1 aliphatic carbocycles. The largest absolute Gasteiger partial charge is 0.497 e. The summed E-state index contributed by atoms with van der Waals surface area (Å²) < 4.78 is 5.12. The Labute approximate surface area is 130 Å². The summed E-state index contributed by atoms with van der Waals surface area (Å²) in [5.74, 6) is 0.110. The number of carbonyl (C=O) groups excluding carboxylic acids is 2. The van der Waals surface area contributed by atoms with E-state index in [4.69, 9.17) is 4.74 Å². The predicted molar refractivity (Wildman–Crippen MR) is 84.8 cm³/mol. The summed E-state index contributed by atoms with van der Waals surface area (Å²) in [6, 6.07) is 7.18. The zero-order valence-corrected chi connectivity index (χ0v) is 13.3. The van der Waals surface area contributed by atoms with Crippen LogP contribution >= 0.6 is 0 Å². The minimum atomic E-state index is -0.231. The highest BCUT2D eigenvalue weighted by Crippen LogP contribution is 2.39. The highest BCUT2D eigenvalue weighted by Gasteiger charge is 2.47. The number of likely N-dealkylation sites (N-methyl/N-ethyl adjacent to an activating group) is 1. The third-order valence-electron chi connectivity index (χ3n) is 3.66. The standard InChI is InChI=1S/C16H23N3O3/c1-19(2)8-7-17-15(20)13-10-14(13)16(21)18-11-5-4-6-12(9-11)22-3/h4-6,9,13-14H,7-8,10H2,1-3H3,(H,17,20)(H,18,21). The first kappa shape index (κ1) is 16.3. The van der Waals surface area contributed by atoms with Gasteiger partial charge in [-0.05, 0) is 32.6 Å².